The van der Waals surface area contributed by atoms with E-state index in [4.69, 9.17) is 11.6 Å². The van der Waals surface area contributed by atoms with Crippen molar-refractivity contribution in [2.45, 2.75) is 19.9 Å². The normalized spacial score (nSPS) is 11.3. The lowest BCUT2D eigenvalue weighted by molar-refractivity contribution is -0.116. The van der Waals surface area contributed by atoms with Gasteiger partial charge in [0.1, 0.15) is 0 Å². The van der Waals surface area contributed by atoms with Crippen molar-refractivity contribution >= 4 is 29.2 Å². The molecule has 7 nitrogen and oxygen atoms in total. The van der Waals surface area contributed by atoms with E-state index in [1.165, 1.54) is 0 Å². The topological polar surface area (TPSA) is 83.3 Å². The molecule has 1 aromatic carbocycles. The molecule has 25 heavy (non-hydrogen) atoms. The molecule has 134 valence electrons. The lowest BCUT2D eigenvalue weighted by Crippen LogP contribution is -2.38. The zero-order valence-electron chi connectivity index (χ0n) is 14.6. The fraction of sp³-hybridized carbons (Fsp3) is 0.353. The number of aliphatic imine (C=N–C) groups is 1. The number of benzene rings is 1. The number of halogens is 1. The Bertz CT molecular complexity index is 755. The number of aryl methyl sites for hydroxylation is 1. The quantitative estimate of drug-likeness (QED) is 0.542. The summed E-state index contributed by atoms with van der Waals surface area (Å²) in [5, 5.41) is 13.9. The molecule has 1 heterocycles. The summed E-state index contributed by atoms with van der Waals surface area (Å²) in [5.74, 6) is 0.549. The maximum absolute atomic E-state index is 12.1. The molecule has 0 fully saturated rings. The van der Waals surface area contributed by atoms with Crippen LogP contribution in [0.15, 0.2) is 35.5 Å². The highest BCUT2D eigenvalue weighted by Crippen LogP contribution is 2.22. The molecule has 0 saturated heterocycles. The monoisotopic (exact) mass is 362 g/mol. The summed E-state index contributed by atoms with van der Waals surface area (Å²) in [6.07, 6.45) is 2.06. The molecule has 0 radical (unpaired) electrons. The van der Waals surface area contributed by atoms with Gasteiger partial charge in [0.25, 0.3) is 0 Å². The molecule has 0 atom stereocenters. The number of amides is 1. The third-order valence-electron chi connectivity index (χ3n) is 3.77. The van der Waals surface area contributed by atoms with Gasteiger partial charge < -0.3 is 16.0 Å². The highest BCUT2D eigenvalue weighted by Gasteiger charge is 2.07. The molecule has 0 bridgehead atoms. The molecule has 1 aromatic heterocycles. The van der Waals surface area contributed by atoms with Crippen LogP contribution in [-0.2, 0) is 18.4 Å². The van der Waals surface area contributed by atoms with Gasteiger partial charge in [0, 0.05) is 44.0 Å². The average molecular weight is 363 g/mol. The summed E-state index contributed by atoms with van der Waals surface area (Å²) >= 11 is 6.06. The standard InChI is InChI=1S/C17H23ClN6O/c1-12-14(18)5-4-6-15(12)23-16(25)8-9-20-17(19-2)21-11-13-7-10-22-24(13)3/h4-7,10H,8-9,11H2,1-3H3,(H,23,25)(H2,19,20,21). The predicted octanol–water partition coefficient (Wildman–Crippen LogP) is 2.08. The number of nitrogens with one attached hydrogen (secondary N) is 3. The zero-order chi connectivity index (χ0) is 18.2. The Kier molecular flexibility index (Phi) is 6.82. The van der Waals surface area contributed by atoms with E-state index in [0.29, 0.717) is 30.5 Å². The Morgan fingerprint density at radius 3 is 2.80 bits per heavy atom. The third-order valence-corrected chi connectivity index (χ3v) is 4.18. The summed E-state index contributed by atoms with van der Waals surface area (Å²) in [6.45, 7) is 2.95. The zero-order valence-corrected chi connectivity index (χ0v) is 15.4. The molecule has 0 saturated carbocycles. The number of anilines is 1. The van der Waals surface area contributed by atoms with Gasteiger partial charge in [-0.3, -0.25) is 14.5 Å². The fourth-order valence-corrected chi connectivity index (χ4v) is 2.39. The van der Waals surface area contributed by atoms with E-state index < -0.39 is 0 Å². The molecular formula is C17H23ClN6O. The van der Waals surface area contributed by atoms with Gasteiger partial charge in [-0.25, -0.2) is 0 Å². The van der Waals surface area contributed by atoms with Crippen molar-refractivity contribution in [3.63, 3.8) is 0 Å². The second kappa shape index (κ2) is 9.08. The van der Waals surface area contributed by atoms with Gasteiger partial charge in [0.2, 0.25) is 5.91 Å². The number of hydrogen-bond donors (Lipinski definition) is 3. The summed E-state index contributed by atoms with van der Waals surface area (Å²) in [4.78, 5) is 16.2. The molecule has 8 heteroatoms. The minimum atomic E-state index is -0.0834. The van der Waals surface area contributed by atoms with Crippen LogP contribution in [0.5, 0.6) is 0 Å². The van der Waals surface area contributed by atoms with Gasteiger partial charge in [0.15, 0.2) is 5.96 Å². The van der Waals surface area contributed by atoms with Crippen LogP contribution in [0.4, 0.5) is 5.69 Å². The first kappa shape index (κ1) is 18.8. The molecule has 2 aromatic rings. The van der Waals surface area contributed by atoms with E-state index in [1.807, 2.05) is 32.2 Å². The van der Waals surface area contributed by atoms with Crippen molar-refractivity contribution in [2.24, 2.45) is 12.0 Å². The first-order chi connectivity index (χ1) is 12.0. The van der Waals surface area contributed by atoms with Crippen LogP contribution in [0, 0.1) is 6.92 Å². The molecular weight excluding hydrogens is 340 g/mol. The smallest absolute Gasteiger partial charge is 0.226 e. The van der Waals surface area contributed by atoms with Crippen LogP contribution in [-0.4, -0.2) is 35.2 Å². The second-order valence-electron chi connectivity index (χ2n) is 5.51. The van der Waals surface area contributed by atoms with Crippen LogP contribution in [0.3, 0.4) is 0 Å². The highest BCUT2D eigenvalue weighted by atomic mass is 35.5. The Labute approximate surface area is 152 Å². The number of nitrogens with zero attached hydrogens (tertiary/aromatic N) is 3. The minimum absolute atomic E-state index is 0.0834. The van der Waals surface area contributed by atoms with Crippen molar-refractivity contribution in [3.8, 4) is 0 Å². The summed E-state index contributed by atoms with van der Waals surface area (Å²) < 4.78 is 1.79. The van der Waals surface area contributed by atoms with Crippen LogP contribution in [0.25, 0.3) is 0 Å². The Morgan fingerprint density at radius 1 is 1.32 bits per heavy atom. The highest BCUT2D eigenvalue weighted by molar-refractivity contribution is 6.31. The number of aromatic nitrogens is 2. The van der Waals surface area contributed by atoms with Crippen molar-refractivity contribution in [1.82, 2.24) is 20.4 Å². The van der Waals surface area contributed by atoms with Gasteiger partial charge in [-0.15, -0.1) is 0 Å². The molecule has 3 N–H and O–H groups in total. The van der Waals surface area contributed by atoms with Crippen molar-refractivity contribution in [1.29, 1.82) is 0 Å². The molecule has 0 aliphatic carbocycles. The number of carbonyl (C=O) groups is 1. The van der Waals surface area contributed by atoms with Crippen LogP contribution < -0.4 is 16.0 Å². The van der Waals surface area contributed by atoms with Crippen molar-refractivity contribution in [2.75, 3.05) is 18.9 Å². The van der Waals surface area contributed by atoms with Crippen LogP contribution in [0.2, 0.25) is 5.02 Å². The number of carbonyl (C=O) groups excluding carboxylic acids is 1. The molecule has 2 rings (SSSR count). The van der Waals surface area contributed by atoms with E-state index in [9.17, 15) is 4.79 Å². The lowest BCUT2D eigenvalue weighted by Gasteiger charge is -2.13. The first-order valence-electron chi connectivity index (χ1n) is 7.97. The van der Waals surface area contributed by atoms with E-state index in [1.54, 1.807) is 24.0 Å². The predicted molar refractivity (Wildman–Crippen MR) is 101 cm³/mol. The largest absolute Gasteiger partial charge is 0.356 e. The van der Waals surface area contributed by atoms with Gasteiger partial charge in [0.05, 0.1) is 12.2 Å². The van der Waals surface area contributed by atoms with E-state index in [2.05, 4.69) is 26.0 Å². The number of rotatable bonds is 6. The van der Waals surface area contributed by atoms with E-state index >= 15 is 0 Å². The van der Waals surface area contributed by atoms with Gasteiger partial charge in [-0.1, -0.05) is 17.7 Å². The second-order valence-corrected chi connectivity index (χ2v) is 5.92. The SMILES string of the molecule is CN=C(NCCC(=O)Nc1cccc(Cl)c1C)NCc1ccnn1C. The Balaban J connectivity index is 1.75. The summed E-state index contributed by atoms with van der Waals surface area (Å²) in [6, 6.07) is 7.38. The minimum Gasteiger partial charge on any atom is -0.356 e. The van der Waals surface area contributed by atoms with Crippen LogP contribution >= 0.6 is 11.6 Å². The summed E-state index contributed by atoms with van der Waals surface area (Å²) in [5.41, 5.74) is 2.63. The van der Waals surface area contributed by atoms with Gasteiger partial charge >= 0.3 is 0 Å². The van der Waals surface area contributed by atoms with Crippen molar-refractivity contribution in [3.05, 3.63) is 46.7 Å². The molecule has 0 aliphatic rings. The van der Waals surface area contributed by atoms with Crippen LogP contribution in [0.1, 0.15) is 17.7 Å². The summed E-state index contributed by atoms with van der Waals surface area (Å²) in [7, 11) is 3.57. The first-order valence-corrected chi connectivity index (χ1v) is 8.35. The van der Waals surface area contributed by atoms with Crippen molar-refractivity contribution < 1.29 is 4.79 Å². The maximum Gasteiger partial charge on any atom is 0.226 e. The molecule has 0 unspecified atom stereocenters. The molecule has 1 amide bonds. The average Bonchev–Trinajstić information content (AvgIpc) is 3.00. The number of hydrogen-bond acceptors (Lipinski definition) is 3. The van der Waals surface area contributed by atoms with E-state index in [-0.39, 0.29) is 5.91 Å². The molecule has 0 aliphatic heterocycles. The Morgan fingerprint density at radius 2 is 2.12 bits per heavy atom. The third kappa shape index (κ3) is 5.49. The number of guanidine groups is 1. The Hall–Kier alpha value is -2.54. The van der Waals surface area contributed by atoms with Gasteiger partial charge in [-0.05, 0) is 30.7 Å². The lowest BCUT2D eigenvalue weighted by atomic mass is 10.2. The van der Waals surface area contributed by atoms with E-state index in [0.717, 1.165) is 16.9 Å². The maximum atomic E-state index is 12.1. The molecule has 0 spiro atoms. The van der Waals surface area contributed by atoms with Gasteiger partial charge in [-0.2, -0.15) is 5.10 Å². The fourth-order valence-electron chi connectivity index (χ4n) is 2.22.